The summed E-state index contributed by atoms with van der Waals surface area (Å²) in [6, 6.07) is 150. The maximum atomic E-state index is 5.65. The van der Waals surface area contributed by atoms with E-state index >= 15 is 0 Å². The molecule has 0 bridgehead atoms. The summed E-state index contributed by atoms with van der Waals surface area (Å²) >= 11 is 0. The summed E-state index contributed by atoms with van der Waals surface area (Å²) < 4.78 is 4.86. The van der Waals surface area contributed by atoms with E-state index < -0.39 is 0 Å². The van der Waals surface area contributed by atoms with Crippen LogP contribution in [-0.2, 0) is 0 Å². The molecule has 118 heavy (non-hydrogen) atoms. The van der Waals surface area contributed by atoms with Crippen molar-refractivity contribution >= 4 is 130 Å². The van der Waals surface area contributed by atoms with Crippen LogP contribution >= 0.6 is 0 Å². The minimum absolute atomic E-state index is 0.666. The number of para-hydroxylation sites is 2. The first kappa shape index (κ1) is 66.8. The first-order chi connectivity index (χ1) is 58.4. The zero-order valence-electron chi connectivity index (χ0n) is 63.9. The number of benzene rings is 20. The Morgan fingerprint density at radius 2 is 0.559 bits per heavy atom. The first-order valence-electron chi connectivity index (χ1n) is 40.4. The summed E-state index contributed by atoms with van der Waals surface area (Å²) in [5.41, 5.74) is 25.9. The molecule has 0 amide bonds. The smallest absolute Gasteiger partial charge is 0.160 e. The van der Waals surface area contributed by atoms with Gasteiger partial charge >= 0.3 is 0 Å². The number of hydrogen-bond donors (Lipinski definition) is 0. The summed E-state index contributed by atoms with van der Waals surface area (Å²) in [6.45, 7) is 0. The highest BCUT2D eigenvalue weighted by Gasteiger charge is 2.24. The van der Waals surface area contributed by atoms with Crippen molar-refractivity contribution in [1.29, 1.82) is 0 Å². The lowest BCUT2D eigenvalue weighted by molar-refractivity contribution is 1.17. The maximum Gasteiger partial charge on any atom is 0.160 e. The number of fused-ring (bicyclic) bond motifs is 16. The monoisotopic (exact) mass is 1500 g/mol. The fraction of sp³-hybridized carbons (Fsp3) is 0. The minimum atomic E-state index is 0.666. The van der Waals surface area contributed by atoms with Gasteiger partial charge in [0.15, 0.2) is 11.6 Å². The first-order valence-corrected chi connectivity index (χ1v) is 40.4. The Morgan fingerprint density at radius 3 is 1.17 bits per heavy atom. The average Bonchev–Trinajstić information content (AvgIpc) is 1.54. The van der Waals surface area contributed by atoms with Crippen LogP contribution in [0.1, 0.15) is 0 Å². The summed E-state index contributed by atoms with van der Waals surface area (Å²) in [6.07, 6.45) is 0. The van der Waals surface area contributed by atoms with E-state index in [1.807, 2.05) is 0 Å². The van der Waals surface area contributed by atoms with Crippen LogP contribution in [0.5, 0.6) is 0 Å². The van der Waals surface area contributed by atoms with Crippen LogP contribution in [0.15, 0.2) is 413 Å². The van der Waals surface area contributed by atoms with Gasteiger partial charge in [0.25, 0.3) is 0 Å². The molecule has 0 fully saturated rings. The number of nitrogens with zero attached hydrogens (tertiary/aromatic N) is 6. The van der Waals surface area contributed by atoms with E-state index in [2.05, 4.69) is 422 Å². The van der Waals surface area contributed by atoms with Crippen LogP contribution in [0.2, 0.25) is 0 Å². The Hall–Kier alpha value is -15.8. The van der Waals surface area contributed by atoms with Gasteiger partial charge in [-0.05, 0) is 217 Å². The van der Waals surface area contributed by atoms with E-state index in [1.165, 1.54) is 97.8 Å². The fourth-order valence-electron chi connectivity index (χ4n) is 18.8. The molecule has 20 aromatic carbocycles. The lowest BCUT2D eigenvalue weighted by Crippen LogP contribution is -1.98. The average molecular weight is 1500 g/mol. The van der Waals surface area contributed by atoms with E-state index in [-0.39, 0.29) is 0 Å². The predicted molar refractivity (Wildman–Crippen MR) is 495 cm³/mol. The standard InChI is InChI=1S/C112H68N6/c1-2-21-69(22-3-1)70-45-49-73(50-46-70)91-39-19-43-103-107(91)99-64-77-24-4-7-27-80(77)68-106(99)118(103)88-33-18-31-86(62-88)112-114-102-42-15-13-38-96(102)110(116-112)98-66-83-56-54-81(63-97(83)93-35-10-11-36-94(93)98)76-29-16-28-75(59-76)71-47-51-74(52-48-71)92-40-20-44-104-108(92)100-65-78-25-5-6-26-79(78)67-105(100)117(104)87-32-17-30-85(61-87)111-113-101-41-14-12-37-95(101)109(115-111)84-57-58-90-82(60-84)55-53-72-23-8-9-34-89(72)90/h1-68H. The molecule has 0 saturated carbocycles. The Kier molecular flexibility index (Phi) is 15.3. The molecule has 546 valence electrons. The van der Waals surface area contributed by atoms with Gasteiger partial charge in [0.2, 0.25) is 0 Å². The maximum absolute atomic E-state index is 5.65. The predicted octanol–water partition coefficient (Wildman–Crippen LogP) is 29.7. The Morgan fingerprint density at radius 1 is 0.161 bits per heavy atom. The summed E-state index contributed by atoms with van der Waals surface area (Å²) in [4.78, 5) is 21.8. The van der Waals surface area contributed by atoms with E-state index in [1.54, 1.807) is 0 Å². The molecule has 0 saturated heterocycles. The summed E-state index contributed by atoms with van der Waals surface area (Å²) in [7, 11) is 0. The molecule has 4 heterocycles. The second-order valence-electron chi connectivity index (χ2n) is 31.2. The van der Waals surface area contributed by atoms with Crippen molar-refractivity contribution < 1.29 is 0 Å². The zero-order chi connectivity index (χ0) is 77.5. The molecule has 0 unspecified atom stereocenters. The molecule has 24 aromatic rings. The lowest BCUT2D eigenvalue weighted by atomic mass is 9.91. The third kappa shape index (κ3) is 11.0. The van der Waals surface area contributed by atoms with E-state index in [9.17, 15) is 0 Å². The molecule has 6 heteroatoms. The lowest BCUT2D eigenvalue weighted by Gasteiger charge is -2.15. The van der Waals surface area contributed by atoms with E-state index in [0.29, 0.717) is 11.6 Å². The van der Waals surface area contributed by atoms with Crippen LogP contribution < -0.4 is 0 Å². The minimum Gasteiger partial charge on any atom is -0.309 e. The SMILES string of the molecule is c1ccc(-c2ccc(-c3cccc4c3c3cc5ccccc5cc3n4-c3cccc(-c4nc(-c5cc6ccc(-c7cccc(-c8ccc(-c9cccc%10c9c9cc%11ccccc%11cc9n%10-c9cccc(-c%10nc(-c%11ccc%12c(ccc%13ccccc%13%12)c%11)c%11ccccc%11n%10)c9)cc8)c7)cc6c6ccccc56)c5ccccc5n4)c3)cc2)cc1. The van der Waals surface area contributed by atoms with E-state index in [0.717, 1.165) is 133 Å². The summed E-state index contributed by atoms with van der Waals surface area (Å²) in [5.74, 6) is 1.34. The largest absolute Gasteiger partial charge is 0.309 e. The van der Waals surface area contributed by atoms with Crippen molar-refractivity contribution in [3.63, 3.8) is 0 Å². The van der Waals surface area contributed by atoms with Crippen molar-refractivity contribution in [2.24, 2.45) is 0 Å². The second-order valence-corrected chi connectivity index (χ2v) is 31.2. The van der Waals surface area contributed by atoms with Crippen LogP contribution in [0, 0.1) is 0 Å². The quantitative estimate of drug-likeness (QED) is 0.121. The van der Waals surface area contributed by atoms with Crippen LogP contribution in [0.4, 0.5) is 0 Å². The number of hydrogen-bond acceptors (Lipinski definition) is 4. The molecule has 0 spiro atoms. The van der Waals surface area contributed by atoms with Crippen molar-refractivity contribution in [1.82, 2.24) is 29.1 Å². The molecule has 4 aromatic heterocycles. The second kappa shape index (κ2) is 27.0. The van der Waals surface area contributed by atoms with Gasteiger partial charge in [-0.25, -0.2) is 19.9 Å². The molecular formula is C112H68N6. The Balaban J connectivity index is 0.561. The van der Waals surface area contributed by atoms with Gasteiger partial charge in [-0.15, -0.1) is 0 Å². The Bertz CT molecular complexity index is 8300. The van der Waals surface area contributed by atoms with Crippen LogP contribution in [0.25, 0.3) is 242 Å². The van der Waals surface area contributed by atoms with E-state index in [4.69, 9.17) is 19.9 Å². The fourth-order valence-corrected chi connectivity index (χ4v) is 18.8. The van der Waals surface area contributed by atoms with Crippen molar-refractivity contribution in [3.8, 4) is 112 Å². The van der Waals surface area contributed by atoms with Gasteiger partial charge in [-0.3, -0.25) is 0 Å². The Labute approximate surface area is 679 Å². The molecule has 6 nitrogen and oxygen atoms in total. The molecule has 24 rings (SSSR count). The molecule has 0 aliphatic heterocycles. The third-order valence-electron chi connectivity index (χ3n) is 24.4. The highest BCUT2D eigenvalue weighted by atomic mass is 15.0. The van der Waals surface area contributed by atoms with Crippen molar-refractivity contribution in [2.75, 3.05) is 0 Å². The van der Waals surface area contributed by atoms with Crippen molar-refractivity contribution in [2.45, 2.75) is 0 Å². The normalized spacial score (nSPS) is 11.9. The number of rotatable bonds is 11. The molecule has 0 aliphatic rings. The molecule has 0 radical (unpaired) electrons. The molecule has 0 aliphatic carbocycles. The third-order valence-corrected chi connectivity index (χ3v) is 24.4. The molecule has 0 atom stereocenters. The van der Waals surface area contributed by atoms with Gasteiger partial charge < -0.3 is 9.13 Å². The summed E-state index contributed by atoms with van der Waals surface area (Å²) in [5, 5.41) is 21.1. The zero-order valence-corrected chi connectivity index (χ0v) is 63.9. The van der Waals surface area contributed by atoms with Gasteiger partial charge in [0, 0.05) is 65.9 Å². The van der Waals surface area contributed by atoms with Gasteiger partial charge in [-0.1, -0.05) is 315 Å². The van der Waals surface area contributed by atoms with Crippen LogP contribution in [0.3, 0.4) is 0 Å². The van der Waals surface area contributed by atoms with Gasteiger partial charge in [0.05, 0.1) is 44.5 Å². The topological polar surface area (TPSA) is 61.4 Å². The molecular weight excluding hydrogens is 1430 g/mol. The van der Waals surface area contributed by atoms with Crippen LogP contribution in [-0.4, -0.2) is 29.1 Å². The molecule has 0 N–H and O–H groups in total. The van der Waals surface area contributed by atoms with Crippen molar-refractivity contribution in [3.05, 3.63) is 413 Å². The highest BCUT2D eigenvalue weighted by Crippen LogP contribution is 2.47. The number of aromatic nitrogens is 6. The highest BCUT2D eigenvalue weighted by molar-refractivity contribution is 6.22. The van der Waals surface area contributed by atoms with Gasteiger partial charge in [0.1, 0.15) is 0 Å². The van der Waals surface area contributed by atoms with Gasteiger partial charge in [-0.2, -0.15) is 0 Å².